The molecule has 1 aliphatic rings. The molecule has 0 bridgehead atoms. The van der Waals surface area contributed by atoms with Crippen LogP contribution in [0.4, 0.5) is 11.5 Å². The number of aromatic nitrogens is 1. The Balaban J connectivity index is 2.33. The van der Waals surface area contributed by atoms with Crippen LogP contribution in [0.1, 0.15) is 17.3 Å². The fraction of sp³-hybridized carbons (Fsp3) is 0.538. The van der Waals surface area contributed by atoms with Gasteiger partial charge in [-0.1, -0.05) is 0 Å². The van der Waals surface area contributed by atoms with Crippen LogP contribution in [-0.2, 0) is 4.74 Å². The lowest BCUT2D eigenvalue weighted by Crippen LogP contribution is -2.50. The van der Waals surface area contributed by atoms with Gasteiger partial charge in [0.15, 0.2) is 0 Å². The van der Waals surface area contributed by atoms with Crippen molar-refractivity contribution >= 4 is 17.5 Å². The summed E-state index contributed by atoms with van der Waals surface area (Å²) in [6, 6.07) is 1.78. The second-order valence-corrected chi connectivity index (χ2v) is 5.08. The molecule has 2 rings (SSSR count). The third-order valence-corrected chi connectivity index (χ3v) is 3.75. The summed E-state index contributed by atoms with van der Waals surface area (Å²) in [5.41, 5.74) is -0.410. The Morgan fingerprint density at radius 2 is 2.24 bits per heavy atom. The molecule has 0 aromatic carbocycles. The van der Waals surface area contributed by atoms with Gasteiger partial charge in [-0.3, -0.25) is 10.1 Å². The first-order chi connectivity index (χ1) is 9.93. The summed E-state index contributed by atoms with van der Waals surface area (Å²) >= 11 is 0. The summed E-state index contributed by atoms with van der Waals surface area (Å²) in [4.78, 5) is 30.4. The molecule has 0 aliphatic carbocycles. The van der Waals surface area contributed by atoms with E-state index >= 15 is 0 Å². The molecule has 0 radical (unpaired) electrons. The number of ether oxygens (including phenoxy) is 1. The molecule has 21 heavy (non-hydrogen) atoms. The topological polar surface area (TPSA) is 88.8 Å². The number of esters is 1. The van der Waals surface area contributed by atoms with Crippen molar-refractivity contribution in [2.24, 2.45) is 0 Å². The molecule has 0 spiro atoms. The third-order valence-electron chi connectivity index (χ3n) is 3.75. The van der Waals surface area contributed by atoms with Crippen molar-refractivity contribution in [2.75, 3.05) is 38.7 Å². The molecular weight excluding hydrogens is 276 g/mol. The Kier molecular flexibility index (Phi) is 4.37. The van der Waals surface area contributed by atoms with Crippen molar-refractivity contribution < 1.29 is 14.5 Å². The summed E-state index contributed by atoms with van der Waals surface area (Å²) in [7, 11) is 3.25. The molecule has 1 aromatic rings. The van der Waals surface area contributed by atoms with Crippen LogP contribution in [0.5, 0.6) is 0 Å². The molecule has 0 unspecified atom stereocenters. The SMILES string of the molecule is COC(=O)c1cc(N2CCN(C)[C@H](C)C2)ncc1[N+](=O)[O-]. The van der Waals surface area contributed by atoms with Crippen LogP contribution in [0.25, 0.3) is 0 Å². The van der Waals surface area contributed by atoms with E-state index < -0.39 is 10.9 Å². The smallest absolute Gasteiger partial charge is 0.345 e. The number of piperazine rings is 1. The molecule has 114 valence electrons. The molecule has 1 fully saturated rings. The van der Waals surface area contributed by atoms with E-state index in [1.54, 1.807) is 0 Å². The summed E-state index contributed by atoms with van der Waals surface area (Å²) in [6.07, 6.45) is 1.12. The summed E-state index contributed by atoms with van der Waals surface area (Å²) in [5.74, 6) is -0.173. The zero-order valence-electron chi connectivity index (χ0n) is 12.3. The number of nitrogens with zero attached hydrogens (tertiary/aromatic N) is 4. The Labute approximate surface area is 122 Å². The molecule has 8 nitrogen and oxygen atoms in total. The van der Waals surface area contributed by atoms with E-state index in [9.17, 15) is 14.9 Å². The van der Waals surface area contributed by atoms with E-state index in [4.69, 9.17) is 0 Å². The molecule has 1 aliphatic heterocycles. The molecule has 2 heterocycles. The first-order valence-electron chi connectivity index (χ1n) is 6.62. The number of methoxy groups -OCH3 is 1. The van der Waals surface area contributed by atoms with E-state index in [0.29, 0.717) is 11.9 Å². The van der Waals surface area contributed by atoms with Crippen LogP contribution in [0.15, 0.2) is 12.3 Å². The van der Waals surface area contributed by atoms with Crippen molar-refractivity contribution in [1.82, 2.24) is 9.88 Å². The largest absolute Gasteiger partial charge is 0.465 e. The number of carbonyl (C=O) groups is 1. The van der Waals surface area contributed by atoms with Gasteiger partial charge < -0.3 is 14.5 Å². The molecule has 0 saturated carbocycles. The van der Waals surface area contributed by atoms with Crippen LogP contribution in [-0.4, -0.2) is 60.6 Å². The average molecular weight is 294 g/mol. The predicted molar refractivity (Wildman–Crippen MR) is 76.5 cm³/mol. The lowest BCUT2D eigenvalue weighted by molar-refractivity contribution is -0.385. The lowest BCUT2D eigenvalue weighted by atomic mass is 10.1. The van der Waals surface area contributed by atoms with E-state index in [2.05, 4.69) is 21.5 Å². The Morgan fingerprint density at radius 1 is 1.52 bits per heavy atom. The number of hydrogen-bond donors (Lipinski definition) is 0. The van der Waals surface area contributed by atoms with Gasteiger partial charge in [0, 0.05) is 31.7 Å². The fourth-order valence-corrected chi connectivity index (χ4v) is 2.29. The summed E-state index contributed by atoms with van der Waals surface area (Å²) in [5, 5.41) is 11.0. The minimum absolute atomic E-state index is 0.0703. The first-order valence-corrected chi connectivity index (χ1v) is 6.62. The summed E-state index contributed by atoms with van der Waals surface area (Å²) < 4.78 is 4.61. The number of pyridine rings is 1. The van der Waals surface area contributed by atoms with Gasteiger partial charge in [-0.15, -0.1) is 0 Å². The van der Waals surface area contributed by atoms with Crippen LogP contribution < -0.4 is 4.90 Å². The van der Waals surface area contributed by atoms with Crippen LogP contribution in [0.2, 0.25) is 0 Å². The minimum atomic E-state index is -0.729. The number of likely N-dealkylation sites (N-methyl/N-ethyl adjacent to an activating group) is 1. The highest BCUT2D eigenvalue weighted by Gasteiger charge is 2.26. The van der Waals surface area contributed by atoms with Crippen molar-refractivity contribution in [3.8, 4) is 0 Å². The van der Waals surface area contributed by atoms with Gasteiger partial charge in [0.05, 0.1) is 12.0 Å². The van der Waals surface area contributed by atoms with Gasteiger partial charge in [0.25, 0.3) is 0 Å². The molecule has 0 N–H and O–H groups in total. The lowest BCUT2D eigenvalue weighted by Gasteiger charge is -2.38. The minimum Gasteiger partial charge on any atom is -0.465 e. The van der Waals surface area contributed by atoms with Gasteiger partial charge in [0.1, 0.15) is 17.6 Å². The maximum absolute atomic E-state index is 11.7. The number of anilines is 1. The van der Waals surface area contributed by atoms with Gasteiger partial charge >= 0.3 is 11.7 Å². The van der Waals surface area contributed by atoms with Crippen molar-refractivity contribution in [1.29, 1.82) is 0 Å². The number of rotatable bonds is 3. The molecule has 1 aromatic heterocycles. The fourth-order valence-electron chi connectivity index (χ4n) is 2.29. The summed E-state index contributed by atoms with van der Waals surface area (Å²) in [6.45, 7) is 4.47. The molecular formula is C13H18N4O4. The predicted octanol–water partition coefficient (Wildman–Crippen LogP) is 0.917. The molecule has 8 heteroatoms. The number of nitro groups is 1. The van der Waals surface area contributed by atoms with E-state index in [0.717, 1.165) is 25.8 Å². The van der Waals surface area contributed by atoms with Crippen molar-refractivity contribution in [3.63, 3.8) is 0 Å². The van der Waals surface area contributed by atoms with Gasteiger partial charge in [0.2, 0.25) is 0 Å². The van der Waals surface area contributed by atoms with Crippen molar-refractivity contribution in [3.05, 3.63) is 27.9 Å². The van der Waals surface area contributed by atoms with E-state index in [-0.39, 0.29) is 11.3 Å². The third kappa shape index (κ3) is 3.10. The molecule has 0 amide bonds. The second kappa shape index (κ2) is 6.04. The monoisotopic (exact) mass is 294 g/mol. The Hall–Kier alpha value is -2.22. The zero-order chi connectivity index (χ0) is 15.6. The highest BCUT2D eigenvalue weighted by molar-refractivity contribution is 5.94. The average Bonchev–Trinajstić information content (AvgIpc) is 2.48. The highest BCUT2D eigenvalue weighted by atomic mass is 16.6. The van der Waals surface area contributed by atoms with Crippen LogP contribution in [0, 0.1) is 10.1 Å². The van der Waals surface area contributed by atoms with Gasteiger partial charge in [-0.2, -0.15) is 0 Å². The maximum Gasteiger partial charge on any atom is 0.345 e. The Bertz CT molecular complexity index is 563. The van der Waals surface area contributed by atoms with Gasteiger partial charge in [-0.25, -0.2) is 9.78 Å². The normalized spacial score (nSPS) is 19.4. The number of hydrogen-bond acceptors (Lipinski definition) is 7. The standard InChI is InChI=1S/C13H18N4O4/c1-9-8-16(5-4-15(9)2)12-6-10(13(18)21-3)11(7-14-12)17(19)20/h6-7,9H,4-5,8H2,1-3H3/t9-/m1/s1. The molecule has 1 saturated heterocycles. The first kappa shape index (κ1) is 15.2. The van der Waals surface area contributed by atoms with Crippen LogP contribution >= 0.6 is 0 Å². The van der Waals surface area contributed by atoms with Crippen LogP contribution in [0.3, 0.4) is 0 Å². The Morgan fingerprint density at radius 3 is 2.81 bits per heavy atom. The van der Waals surface area contributed by atoms with Gasteiger partial charge in [-0.05, 0) is 14.0 Å². The maximum atomic E-state index is 11.7. The molecule has 1 atom stereocenters. The quantitative estimate of drug-likeness (QED) is 0.465. The highest BCUT2D eigenvalue weighted by Crippen LogP contribution is 2.24. The second-order valence-electron chi connectivity index (χ2n) is 5.08. The number of carbonyl (C=O) groups excluding carboxylic acids is 1. The van der Waals surface area contributed by atoms with E-state index in [1.165, 1.54) is 13.2 Å². The van der Waals surface area contributed by atoms with E-state index in [1.807, 2.05) is 11.9 Å². The zero-order valence-corrected chi connectivity index (χ0v) is 12.3. The van der Waals surface area contributed by atoms with Crippen molar-refractivity contribution in [2.45, 2.75) is 13.0 Å².